The van der Waals surface area contributed by atoms with Crippen molar-refractivity contribution in [2.24, 2.45) is 0 Å². The Labute approximate surface area is 183 Å². The first kappa shape index (κ1) is 20.9. The van der Waals surface area contributed by atoms with E-state index in [2.05, 4.69) is 28.7 Å². The molecule has 3 rings (SSSR count). The van der Waals surface area contributed by atoms with Gasteiger partial charge in [0.05, 0.1) is 22.3 Å². The van der Waals surface area contributed by atoms with Crippen LogP contribution in [0.15, 0.2) is 60.7 Å². The Balaban J connectivity index is 1.90. The summed E-state index contributed by atoms with van der Waals surface area (Å²) in [5.41, 5.74) is 3.84. The number of methoxy groups -OCH3 is 1. The van der Waals surface area contributed by atoms with Crippen LogP contribution in [-0.4, -0.2) is 7.11 Å². The summed E-state index contributed by atoms with van der Waals surface area (Å²) < 4.78 is 26.0. The van der Waals surface area contributed by atoms with Crippen molar-refractivity contribution >= 4 is 34.2 Å². The maximum atomic E-state index is 13.9. The standard InChI is InChI=1S/C24H19FINO2/c1-16-7-9-18(10-8-16)20(14-27)11-17-12-22(26)24(23(13-17)28-2)29-15-19-5-3-4-6-21(19)25/h3-13H,15H2,1-2H3/b20-11-. The van der Waals surface area contributed by atoms with Gasteiger partial charge in [0.15, 0.2) is 11.5 Å². The van der Waals surface area contributed by atoms with Crippen molar-refractivity contribution in [2.45, 2.75) is 13.5 Å². The molecule has 0 atom stereocenters. The van der Waals surface area contributed by atoms with E-state index in [1.54, 1.807) is 25.3 Å². The lowest BCUT2D eigenvalue weighted by Gasteiger charge is -2.14. The molecule has 146 valence electrons. The number of nitriles is 1. The molecule has 3 nitrogen and oxygen atoms in total. The third-order valence-corrected chi connectivity index (χ3v) is 5.18. The summed E-state index contributed by atoms with van der Waals surface area (Å²) in [6.07, 6.45) is 1.82. The van der Waals surface area contributed by atoms with E-state index in [4.69, 9.17) is 9.47 Å². The molecule has 0 aliphatic rings. The first-order chi connectivity index (χ1) is 14.0. The molecule has 3 aromatic rings. The fraction of sp³-hybridized carbons (Fsp3) is 0.125. The smallest absolute Gasteiger partial charge is 0.174 e. The number of nitrogens with zero attached hydrogens (tertiary/aromatic N) is 1. The van der Waals surface area contributed by atoms with Crippen LogP contribution in [0.5, 0.6) is 11.5 Å². The highest BCUT2D eigenvalue weighted by Crippen LogP contribution is 2.35. The van der Waals surface area contributed by atoms with Crippen molar-refractivity contribution in [3.8, 4) is 17.6 Å². The van der Waals surface area contributed by atoms with Gasteiger partial charge in [-0.05, 0) is 64.9 Å². The maximum Gasteiger partial charge on any atom is 0.174 e. The molecule has 0 spiro atoms. The first-order valence-corrected chi connectivity index (χ1v) is 10.0. The van der Waals surface area contributed by atoms with Gasteiger partial charge in [0.1, 0.15) is 12.4 Å². The number of ether oxygens (including phenoxy) is 2. The van der Waals surface area contributed by atoms with Gasteiger partial charge in [0, 0.05) is 5.56 Å². The molecule has 0 saturated carbocycles. The zero-order valence-electron chi connectivity index (χ0n) is 16.1. The molecule has 0 amide bonds. The van der Waals surface area contributed by atoms with Crippen molar-refractivity contribution in [1.82, 2.24) is 0 Å². The molecule has 0 aliphatic carbocycles. The van der Waals surface area contributed by atoms with Gasteiger partial charge in [-0.1, -0.05) is 48.0 Å². The van der Waals surface area contributed by atoms with Gasteiger partial charge < -0.3 is 9.47 Å². The van der Waals surface area contributed by atoms with Gasteiger partial charge in [-0.15, -0.1) is 0 Å². The van der Waals surface area contributed by atoms with E-state index in [-0.39, 0.29) is 12.4 Å². The highest BCUT2D eigenvalue weighted by atomic mass is 127. The van der Waals surface area contributed by atoms with E-state index in [9.17, 15) is 9.65 Å². The number of allylic oxidation sites excluding steroid dienone is 1. The van der Waals surface area contributed by atoms with E-state index < -0.39 is 0 Å². The van der Waals surface area contributed by atoms with Gasteiger partial charge >= 0.3 is 0 Å². The Morgan fingerprint density at radius 3 is 2.52 bits per heavy atom. The molecule has 0 aliphatic heterocycles. The summed E-state index contributed by atoms with van der Waals surface area (Å²) in [7, 11) is 1.56. The Bertz CT molecular complexity index is 1090. The summed E-state index contributed by atoms with van der Waals surface area (Å²) in [5.74, 6) is 0.765. The monoisotopic (exact) mass is 499 g/mol. The molecule has 0 radical (unpaired) electrons. The molecule has 0 fully saturated rings. The summed E-state index contributed by atoms with van der Waals surface area (Å²) in [5, 5.41) is 9.59. The number of aryl methyl sites for hydroxylation is 1. The number of hydrogen-bond donors (Lipinski definition) is 0. The summed E-state index contributed by atoms with van der Waals surface area (Å²) in [6.45, 7) is 2.10. The maximum absolute atomic E-state index is 13.9. The van der Waals surface area contributed by atoms with Crippen LogP contribution in [0.25, 0.3) is 11.6 Å². The lowest BCUT2D eigenvalue weighted by atomic mass is 10.0. The molecule has 3 aromatic carbocycles. The zero-order valence-corrected chi connectivity index (χ0v) is 18.2. The summed E-state index contributed by atoms with van der Waals surface area (Å²) in [6, 6.07) is 20.3. The zero-order chi connectivity index (χ0) is 20.8. The Morgan fingerprint density at radius 2 is 1.86 bits per heavy atom. The molecule has 0 unspecified atom stereocenters. The van der Waals surface area contributed by atoms with Gasteiger partial charge in [0.2, 0.25) is 0 Å². The van der Waals surface area contributed by atoms with Gasteiger partial charge in [0.25, 0.3) is 0 Å². The van der Waals surface area contributed by atoms with Gasteiger partial charge in [-0.25, -0.2) is 4.39 Å². The van der Waals surface area contributed by atoms with E-state index in [0.29, 0.717) is 22.6 Å². The van der Waals surface area contributed by atoms with Crippen molar-refractivity contribution in [2.75, 3.05) is 7.11 Å². The molecule has 0 bridgehead atoms. The first-order valence-electron chi connectivity index (χ1n) is 8.94. The van der Waals surface area contributed by atoms with E-state index in [1.165, 1.54) is 6.07 Å². The third-order valence-electron chi connectivity index (χ3n) is 4.38. The van der Waals surface area contributed by atoms with Crippen LogP contribution in [0.4, 0.5) is 4.39 Å². The number of benzene rings is 3. The van der Waals surface area contributed by atoms with E-state index in [0.717, 1.165) is 20.3 Å². The number of rotatable bonds is 6. The highest BCUT2D eigenvalue weighted by molar-refractivity contribution is 14.1. The Morgan fingerprint density at radius 1 is 1.14 bits per heavy atom. The predicted octanol–water partition coefficient (Wildman–Crippen LogP) is 6.39. The fourth-order valence-corrected chi connectivity index (χ4v) is 3.59. The third kappa shape index (κ3) is 5.15. The number of halogens is 2. The van der Waals surface area contributed by atoms with Crippen LogP contribution in [0.1, 0.15) is 22.3 Å². The average molecular weight is 499 g/mol. The van der Waals surface area contributed by atoms with Crippen LogP contribution in [0, 0.1) is 27.6 Å². The predicted molar refractivity (Wildman–Crippen MR) is 121 cm³/mol. The Kier molecular flexibility index (Phi) is 6.89. The molecule has 0 aromatic heterocycles. The van der Waals surface area contributed by atoms with Crippen LogP contribution in [-0.2, 0) is 6.61 Å². The molecule has 29 heavy (non-hydrogen) atoms. The van der Waals surface area contributed by atoms with Crippen molar-refractivity contribution in [3.63, 3.8) is 0 Å². The largest absolute Gasteiger partial charge is 0.493 e. The molecule has 0 saturated heterocycles. The second-order valence-electron chi connectivity index (χ2n) is 6.45. The van der Waals surface area contributed by atoms with Crippen LogP contribution in [0.2, 0.25) is 0 Å². The van der Waals surface area contributed by atoms with E-state index >= 15 is 0 Å². The number of hydrogen-bond acceptors (Lipinski definition) is 3. The fourth-order valence-electron chi connectivity index (χ4n) is 2.81. The molecular weight excluding hydrogens is 480 g/mol. The molecule has 0 N–H and O–H groups in total. The molecule has 0 heterocycles. The van der Waals surface area contributed by atoms with Crippen molar-refractivity contribution in [1.29, 1.82) is 5.26 Å². The van der Waals surface area contributed by atoms with Gasteiger partial charge in [-0.2, -0.15) is 5.26 Å². The highest BCUT2D eigenvalue weighted by Gasteiger charge is 2.13. The lowest BCUT2D eigenvalue weighted by molar-refractivity contribution is 0.277. The average Bonchev–Trinajstić information content (AvgIpc) is 2.72. The van der Waals surface area contributed by atoms with Crippen molar-refractivity contribution < 1.29 is 13.9 Å². The summed E-state index contributed by atoms with van der Waals surface area (Å²) >= 11 is 2.15. The molecule has 5 heteroatoms. The quantitative estimate of drug-likeness (QED) is 0.224. The minimum atomic E-state index is -0.308. The Hall–Kier alpha value is -2.85. The van der Waals surface area contributed by atoms with Crippen LogP contribution >= 0.6 is 22.6 Å². The normalized spacial score (nSPS) is 11.1. The lowest BCUT2D eigenvalue weighted by Crippen LogP contribution is -2.02. The van der Waals surface area contributed by atoms with Gasteiger partial charge in [-0.3, -0.25) is 0 Å². The second-order valence-corrected chi connectivity index (χ2v) is 7.61. The van der Waals surface area contributed by atoms with Crippen LogP contribution < -0.4 is 9.47 Å². The minimum Gasteiger partial charge on any atom is -0.493 e. The summed E-state index contributed by atoms with van der Waals surface area (Å²) in [4.78, 5) is 0. The second kappa shape index (κ2) is 9.57. The van der Waals surface area contributed by atoms with Crippen LogP contribution in [0.3, 0.4) is 0 Å². The van der Waals surface area contributed by atoms with Crippen molar-refractivity contribution in [3.05, 3.63) is 92.3 Å². The topological polar surface area (TPSA) is 42.2 Å². The van der Waals surface area contributed by atoms with E-state index in [1.807, 2.05) is 49.4 Å². The molecular formula is C24H19FINO2. The SMILES string of the molecule is COc1cc(/C=C(/C#N)c2ccc(C)cc2)cc(I)c1OCc1ccccc1F. The minimum absolute atomic E-state index is 0.0982.